The number of hydrogen-bond donors (Lipinski definition) is 2. The van der Waals surface area contributed by atoms with Gasteiger partial charge in [0.1, 0.15) is 17.5 Å². The van der Waals surface area contributed by atoms with Crippen LogP contribution in [0.15, 0.2) is 23.2 Å². The molecule has 2 atom stereocenters. The Bertz CT molecular complexity index is 942. The highest BCUT2D eigenvalue weighted by molar-refractivity contribution is 7.89. The van der Waals surface area contributed by atoms with E-state index < -0.39 is 27.6 Å². The molecule has 11 heteroatoms. The number of amides is 1. The van der Waals surface area contributed by atoms with Crippen molar-refractivity contribution in [1.29, 1.82) is 0 Å². The van der Waals surface area contributed by atoms with Crippen LogP contribution in [0.1, 0.15) is 53.9 Å². The number of pyridine rings is 1. The number of sulfonamides is 1. The van der Waals surface area contributed by atoms with Gasteiger partial charge in [0.05, 0.1) is 7.11 Å². The second-order valence-electron chi connectivity index (χ2n) is 9.68. The number of nitrogens with one attached hydrogen (secondary N) is 1. The number of hydrogen-bond acceptors (Lipinski definition) is 8. The molecule has 1 aromatic rings. The number of aromatic nitrogens is 1. The van der Waals surface area contributed by atoms with Crippen molar-refractivity contribution in [2.45, 2.75) is 76.1 Å². The van der Waals surface area contributed by atoms with Crippen molar-refractivity contribution >= 4 is 27.9 Å². The van der Waals surface area contributed by atoms with Gasteiger partial charge in [0.2, 0.25) is 0 Å². The summed E-state index contributed by atoms with van der Waals surface area (Å²) in [5.74, 6) is -0.127. The molecule has 1 unspecified atom stereocenters. The number of methoxy groups -OCH3 is 1. The van der Waals surface area contributed by atoms with Crippen molar-refractivity contribution in [3.05, 3.63) is 18.2 Å². The molecule has 0 aromatic carbocycles. The third-order valence-corrected chi connectivity index (χ3v) is 6.07. The van der Waals surface area contributed by atoms with E-state index >= 15 is 0 Å². The Balaban J connectivity index is 2.07. The van der Waals surface area contributed by atoms with Crippen molar-refractivity contribution < 1.29 is 27.5 Å². The van der Waals surface area contributed by atoms with Crippen LogP contribution in [0, 0.1) is 5.92 Å². The lowest BCUT2D eigenvalue weighted by molar-refractivity contribution is -0.141. The van der Waals surface area contributed by atoms with Crippen LogP contribution in [0.25, 0.3) is 0 Å². The molecule has 0 aliphatic carbocycles. The standard InChI is InChI=1S/C21H34N4O6S/c1-20(2,3)31-19(27)25-13-14(12-21(25,4)5)10-11-15(18(26)30-6)23-16-8-7-9-17(24-16)32(22,28)29/h7-9,14-15H,10-13H2,1-6H3,(H,23,24)(H2,22,28,29)/t14-,15?/m0/s1. The molecular weight excluding hydrogens is 436 g/mol. The predicted octanol–water partition coefficient (Wildman–Crippen LogP) is 2.50. The second-order valence-corrected chi connectivity index (χ2v) is 11.2. The molecule has 1 aliphatic heterocycles. The number of anilines is 1. The normalized spacial score (nSPS) is 19.3. The highest BCUT2D eigenvalue weighted by Gasteiger charge is 2.43. The summed E-state index contributed by atoms with van der Waals surface area (Å²) in [6.45, 7) is 10.0. The van der Waals surface area contributed by atoms with Crippen molar-refractivity contribution in [1.82, 2.24) is 9.88 Å². The van der Waals surface area contributed by atoms with Crippen LogP contribution in [-0.4, -0.2) is 61.2 Å². The van der Waals surface area contributed by atoms with Gasteiger partial charge in [-0.15, -0.1) is 0 Å². The van der Waals surface area contributed by atoms with E-state index in [1.807, 2.05) is 34.6 Å². The maximum absolute atomic E-state index is 12.6. The summed E-state index contributed by atoms with van der Waals surface area (Å²) in [6, 6.07) is 3.58. The SMILES string of the molecule is COC(=O)C(CC[C@@H]1CN(C(=O)OC(C)(C)C)C(C)(C)C1)Nc1cccc(S(N)(=O)=O)n1. The molecule has 3 N–H and O–H groups in total. The van der Waals surface area contributed by atoms with E-state index in [-0.39, 0.29) is 28.4 Å². The van der Waals surface area contributed by atoms with Crippen LogP contribution in [0.3, 0.4) is 0 Å². The predicted molar refractivity (Wildman–Crippen MR) is 119 cm³/mol. The van der Waals surface area contributed by atoms with Crippen molar-refractivity contribution in [3.8, 4) is 0 Å². The largest absolute Gasteiger partial charge is 0.467 e. The van der Waals surface area contributed by atoms with E-state index in [9.17, 15) is 18.0 Å². The minimum absolute atomic E-state index is 0.162. The smallest absolute Gasteiger partial charge is 0.410 e. The molecule has 2 heterocycles. The molecule has 32 heavy (non-hydrogen) atoms. The molecule has 2 rings (SSSR count). The van der Waals surface area contributed by atoms with Gasteiger partial charge in [-0.05, 0) is 71.9 Å². The first-order valence-corrected chi connectivity index (χ1v) is 12.0. The summed E-state index contributed by atoms with van der Waals surface area (Å²) in [6.07, 6.45) is 1.47. The van der Waals surface area contributed by atoms with Crippen LogP contribution < -0.4 is 10.5 Å². The maximum Gasteiger partial charge on any atom is 0.410 e. The lowest BCUT2D eigenvalue weighted by Crippen LogP contribution is -2.45. The molecule has 1 saturated heterocycles. The minimum atomic E-state index is -3.97. The van der Waals surface area contributed by atoms with Gasteiger partial charge in [-0.1, -0.05) is 6.07 Å². The van der Waals surface area contributed by atoms with E-state index in [0.29, 0.717) is 19.4 Å². The van der Waals surface area contributed by atoms with Crippen LogP contribution in [0.2, 0.25) is 0 Å². The van der Waals surface area contributed by atoms with Gasteiger partial charge in [0, 0.05) is 12.1 Å². The van der Waals surface area contributed by atoms with E-state index in [1.54, 1.807) is 11.0 Å². The fourth-order valence-corrected chi connectivity index (χ4v) is 4.34. The third kappa shape index (κ3) is 7.06. The van der Waals surface area contributed by atoms with Gasteiger partial charge in [0.15, 0.2) is 5.03 Å². The zero-order valence-electron chi connectivity index (χ0n) is 19.5. The van der Waals surface area contributed by atoms with Crippen molar-refractivity contribution in [2.75, 3.05) is 19.0 Å². The Morgan fingerprint density at radius 2 is 2.00 bits per heavy atom. The summed E-state index contributed by atoms with van der Waals surface area (Å²) in [5, 5.41) is 7.78. The summed E-state index contributed by atoms with van der Waals surface area (Å²) >= 11 is 0. The molecule has 1 amide bonds. The van der Waals surface area contributed by atoms with Gasteiger partial charge in [-0.25, -0.2) is 28.1 Å². The highest BCUT2D eigenvalue weighted by Crippen LogP contribution is 2.36. The Morgan fingerprint density at radius 1 is 1.34 bits per heavy atom. The van der Waals surface area contributed by atoms with Crippen molar-refractivity contribution in [2.24, 2.45) is 11.1 Å². The van der Waals surface area contributed by atoms with E-state index in [0.717, 1.165) is 6.42 Å². The van der Waals surface area contributed by atoms with Gasteiger partial charge in [-0.3, -0.25) is 0 Å². The average Bonchev–Trinajstić information content (AvgIpc) is 2.97. The minimum Gasteiger partial charge on any atom is -0.467 e. The summed E-state index contributed by atoms with van der Waals surface area (Å²) in [7, 11) is -2.68. The highest BCUT2D eigenvalue weighted by atomic mass is 32.2. The molecule has 0 radical (unpaired) electrons. The number of ether oxygens (including phenoxy) is 2. The summed E-state index contributed by atoms with van der Waals surface area (Å²) in [4.78, 5) is 30.6. The van der Waals surface area contributed by atoms with Crippen LogP contribution in [0.4, 0.5) is 10.6 Å². The van der Waals surface area contributed by atoms with Crippen LogP contribution in [-0.2, 0) is 24.3 Å². The van der Waals surface area contributed by atoms with E-state index in [1.165, 1.54) is 19.2 Å². The Hall–Kier alpha value is -2.40. The summed E-state index contributed by atoms with van der Waals surface area (Å²) < 4.78 is 33.5. The van der Waals surface area contributed by atoms with Crippen LogP contribution >= 0.6 is 0 Å². The molecule has 0 spiro atoms. The van der Waals surface area contributed by atoms with Crippen LogP contribution in [0.5, 0.6) is 0 Å². The van der Waals surface area contributed by atoms with Crippen molar-refractivity contribution in [3.63, 3.8) is 0 Å². The average molecular weight is 471 g/mol. The van der Waals surface area contributed by atoms with Gasteiger partial charge >= 0.3 is 12.1 Å². The lowest BCUT2D eigenvalue weighted by atomic mass is 9.92. The first kappa shape index (κ1) is 25.9. The number of nitrogens with zero attached hydrogens (tertiary/aromatic N) is 2. The maximum atomic E-state index is 12.6. The van der Waals surface area contributed by atoms with Gasteiger partial charge in [0.25, 0.3) is 10.0 Å². The quantitative estimate of drug-likeness (QED) is 0.579. The number of carbonyl (C=O) groups is 2. The monoisotopic (exact) mass is 470 g/mol. The fraction of sp³-hybridized carbons (Fsp3) is 0.667. The van der Waals surface area contributed by atoms with Gasteiger partial charge in [-0.2, -0.15) is 0 Å². The zero-order valence-corrected chi connectivity index (χ0v) is 20.4. The number of rotatable bonds is 7. The Morgan fingerprint density at radius 3 is 2.56 bits per heavy atom. The number of carbonyl (C=O) groups excluding carboxylic acids is 2. The third-order valence-electron chi connectivity index (χ3n) is 5.26. The number of esters is 1. The Kier molecular flexibility index (Phi) is 7.77. The first-order chi connectivity index (χ1) is 14.6. The number of nitrogens with two attached hydrogens (primary N) is 1. The summed E-state index contributed by atoms with van der Waals surface area (Å²) in [5.41, 5.74) is -0.948. The molecule has 1 fully saturated rings. The van der Waals surface area contributed by atoms with Gasteiger partial charge < -0.3 is 19.7 Å². The fourth-order valence-electron chi connectivity index (χ4n) is 3.84. The molecule has 1 aromatic heterocycles. The molecule has 10 nitrogen and oxygen atoms in total. The van der Waals surface area contributed by atoms with E-state index in [4.69, 9.17) is 14.6 Å². The second kappa shape index (κ2) is 9.62. The molecule has 1 aliphatic rings. The lowest BCUT2D eigenvalue weighted by Gasteiger charge is -2.33. The molecule has 0 bridgehead atoms. The molecular formula is C21H34N4O6S. The van der Waals surface area contributed by atoms with E-state index in [2.05, 4.69) is 10.3 Å². The molecule has 0 saturated carbocycles. The topological polar surface area (TPSA) is 141 Å². The Labute approximate surface area is 189 Å². The number of primary sulfonamides is 1. The number of likely N-dealkylation sites (tertiary alicyclic amines) is 1. The molecule has 180 valence electrons. The zero-order chi connectivity index (χ0) is 24.3. The first-order valence-electron chi connectivity index (χ1n) is 10.5.